The summed E-state index contributed by atoms with van der Waals surface area (Å²) >= 11 is 15.5. The molecule has 2 atom stereocenters. The summed E-state index contributed by atoms with van der Waals surface area (Å²) < 4.78 is 67.5. The molecule has 0 unspecified atom stereocenters. The van der Waals surface area contributed by atoms with Gasteiger partial charge in [0.25, 0.3) is 0 Å². The average molecular weight is 1030 g/mol. The van der Waals surface area contributed by atoms with Gasteiger partial charge in [-0.05, 0) is 76.9 Å². The number of fused-ring (bicyclic) bond motifs is 6. The molecule has 0 radical (unpaired) electrons. The number of nitrogens with two attached hydrogens (primary N) is 2. The molecule has 360 valence electrons. The lowest BCUT2D eigenvalue weighted by molar-refractivity contribution is -0.193. The number of halogens is 8. The highest BCUT2D eigenvalue weighted by molar-refractivity contribution is 7.15. The third-order valence-corrected chi connectivity index (χ3v) is 12.9. The number of amides is 2. The highest BCUT2D eigenvalue weighted by atomic mass is 35.5. The Morgan fingerprint density at radius 2 is 0.882 bits per heavy atom. The van der Waals surface area contributed by atoms with Gasteiger partial charge in [0.05, 0.1) is 24.3 Å². The van der Waals surface area contributed by atoms with Crippen molar-refractivity contribution in [2.45, 2.75) is 78.8 Å². The number of thiophene rings is 2. The number of aryl methyl sites for hydroxylation is 4. The lowest BCUT2D eigenvalue weighted by Gasteiger charge is -2.11. The quantitative estimate of drug-likeness (QED) is 0.116. The first-order valence-corrected chi connectivity index (χ1v) is 21.9. The molecule has 6 N–H and O–H groups in total. The van der Waals surface area contributed by atoms with Crippen LogP contribution in [0.25, 0.3) is 10.0 Å². The molecule has 0 fully saturated rings. The largest absolute Gasteiger partial charge is 0.490 e. The molecule has 8 rings (SSSR count). The van der Waals surface area contributed by atoms with E-state index < -0.39 is 48.2 Å². The van der Waals surface area contributed by atoms with Crippen molar-refractivity contribution in [3.8, 4) is 10.0 Å². The molecule has 2 aromatic carbocycles. The summed E-state index contributed by atoms with van der Waals surface area (Å²) in [6, 6.07) is 14.1. The molecule has 0 aliphatic carbocycles. The van der Waals surface area contributed by atoms with Crippen LogP contribution in [0.15, 0.2) is 58.5 Å². The van der Waals surface area contributed by atoms with Crippen LogP contribution in [-0.4, -0.2) is 87.3 Å². The van der Waals surface area contributed by atoms with Crippen LogP contribution < -0.4 is 11.5 Å². The van der Waals surface area contributed by atoms with Crippen LogP contribution in [0.2, 0.25) is 10.0 Å². The minimum absolute atomic E-state index is 0.0716. The number of rotatable bonds is 6. The van der Waals surface area contributed by atoms with Crippen molar-refractivity contribution in [2.24, 2.45) is 21.5 Å². The average Bonchev–Trinajstić information content (AvgIpc) is 3.93. The zero-order chi connectivity index (χ0) is 50.7. The molecule has 2 aliphatic rings. The summed E-state index contributed by atoms with van der Waals surface area (Å²) in [7, 11) is 0. The number of hydrogen-bond acceptors (Lipinski definition) is 12. The topological polar surface area (TPSA) is 247 Å². The number of carboxylic acid groups (broad SMARTS) is 2. The number of aliphatic carboxylic acids is 2. The van der Waals surface area contributed by atoms with E-state index in [4.69, 9.17) is 64.5 Å². The Bertz CT molecular complexity index is 2760. The predicted molar refractivity (Wildman–Crippen MR) is 242 cm³/mol. The zero-order valence-electron chi connectivity index (χ0n) is 36.3. The molecule has 6 aromatic rings. The Morgan fingerprint density at radius 1 is 0.588 bits per heavy atom. The first-order valence-electron chi connectivity index (χ1n) is 19.5. The van der Waals surface area contributed by atoms with Crippen molar-refractivity contribution in [3.05, 3.63) is 125 Å². The van der Waals surface area contributed by atoms with Crippen LogP contribution in [0.4, 0.5) is 26.3 Å². The van der Waals surface area contributed by atoms with E-state index in [0.29, 0.717) is 21.7 Å². The molecule has 0 bridgehead atoms. The van der Waals surface area contributed by atoms with Gasteiger partial charge in [-0.15, -0.1) is 43.1 Å². The second-order valence-corrected chi connectivity index (χ2v) is 18.0. The maximum Gasteiger partial charge on any atom is 0.490 e. The lowest BCUT2D eigenvalue weighted by atomic mass is 9.99. The van der Waals surface area contributed by atoms with Crippen molar-refractivity contribution in [3.63, 3.8) is 0 Å². The van der Waals surface area contributed by atoms with Crippen LogP contribution in [0.1, 0.15) is 91.4 Å². The third-order valence-electron chi connectivity index (χ3n) is 9.99. The van der Waals surface area contributed by atoms with Crippen LogP contribution in [0.5, 0.6) is 0 Å². The molecule has 4 aromatic heterocycles. The molecular formula is C42H38Cl2F6N10O6S2. The Hall–Kier alpha value is -6.50. The number of nitrogens with zero attached hydrogens (tertiary/aromatic N) is 8. The first kappa shape index (κ1) is 52.5. The van der Waals surface area contributed by atoms with Gasteiger partial charge in [0.2, 0.25) is 11.8 Å². The Balaban J connectivity index is 0.000000199. The summed E-state index contributed by atoms with van der Waals surface area (Å²) in [6.07, 6.45) is -10.0. The standard InChI is InChI=1S/2C19H18ClN5OS.2C2HF3O2/c2*1-9-10(2)27-19-16(9)17(12-4-6-13(20)7-5-12)22-14(8-15(21)26)18-24-23-11(3)25(18)19;2*3-2(4,5)1(6)7/h2*4-7,14H,8H2,1-3H3,(H2,21,26);2*(H,6,7)/t2*14-;;/m00../s1. The summed E-state index contributed by atoms with van der Waals surface area (Å²) in [5.74, 6) is -3.58. The molecule has 6 heterocycles. The fourth-order valence-electron chi connectivity index (χ4n) is 6.65. The first-order chi connectivity index (χ1) is 31.6. The van der Waals surface area contributed by atoms with Gasteiger partial charge in [-0.1, -0.05) is 47.5 Å². The maximum absolute atomic E-state index is 11.7. The monoisotopic (exact) mass is 1030 g/mol. The van der Waals surface area contributed by atoms with E-state index in [1.165, 1.54) is 9.75 Å². The molecule has 16 nitrogen and oxygen atoms in total. The smallest absolute Gasteiger partial charge is 0.475 e. The SMILES string of the molecule is Cc1sc2c(c1C)C(c1ccc(Cl)cc1)=N[C@@H](CC(N)=O)c1nnc(C)n1-2.Cc1sc2c(c1C)C(c1ccc(Cl)cc1)=N[C@@H](CC(N)=O)c1nnc(C)n1-2.O=C(O)C(F)(F)F.O=C(O)C(F)(F)F. The van der Waals surface area contributed by atoms with Gasteiger partial charge in [0, 0.05) is 42.1 Å². The van der Waals surface area contributed by atoms with Gasteiger partial charge in [-0.25, -0.2) is 9.59 Å². The van der Waals surface area contributed by atoms with E-state index >= 15 is 0 Å². The van der Waals surface area contributed by atoms with Gasteiger partial charge < -0.3 is 21.7 Å². The van der Waals surface area contributed by atoms with Crippen molar-refractivity contribution in [1.29, 1.82) is 0 Å². The highest BCUT2D eigenvalue weighted by Gasteiger charge is 2.39. The van der Waals surface area contributed by atoms with Crippen molar-refractivity contribution >= 4 is 81.1 Å². The number of carbonyl (C=O) groups is 4. The maximum atomic E-state index is 11.7. The van der Waals surface area contributed by atoms with E-state index in [2.05, 4.69) is 48.1 Å². The molecule has 0 saturated carbocycles. The predicted octanol–water partition coefficient (Wildman–Crippen LogP) is 8.62. The molecule has 2 aliphatic heterocycles. The number of hydrogen-bond donors (Lipinski definition) is 4. The minimum Gasteiger partial charge on any atom is -0.475 e. The van der Waals surface area contributed by atoms with E-state index in [0.717, 1.165) is 66.5 Å². The summed E-state index contributed by atoms with van der Waals surface area (Å²) in [6.45, 7) is 12.2. The van der Waals surface area contributed by atoms with Gasteiger partial charge >= 0.3 is 24.3 Å². The van der Waals surface area contributed by atoms with Crippen LogP contribution in [-0.2, 0) is 19.2 Å². The number of alkyl halides is 6. The molecule has 0 spiro atoms. The fraction of sp³-hybridized carbons (Fsp3) is 0.286. The Morgan fingerprint density at radius 3 is 1.15 bits per heavy atom. The van der Waals surface area contributed by atoms with Gasteiger partial charge in [0.1, 0.15) is 33.7 Å². The van der Waals surface area contributed by atoms with E-state index in [9.17, 15) is 35.9 Å². The summed E-state index contributed by atoms with van der Waals surface area (Å²) in [5, 5.41) is 34.7. The number of aliphatic imine (C=N–C) groups is 2. The molecular weight excluding hydrogens is 990 g/mol. The zero-order valence-corrected chi connectivity index (χ0v) is 39.4. The number of primary amides is 2. The Kier molecular flexibility index (Phi) is 16.0. The number of carboxylic acids is 2. The number of benzene rings is 2. The fourth-order valence-corrected chi connectivity index (χ4v) is 9.33. The van der Waals surface area contributed by atoms with Crippen LogP contribution in [0.3, 0.4) is 0 Å². The van der Waals surface area contributed by atoms with Crippen LogP contribution >= 0.6 is 45.9 Å². The molecule has 2 amide bonds. The summed E-state index contributed by atoms with van der Waals surface area (Å²) in [5.41, 5.74) is 18.9. The van der Waals surface area contributed by atoms with E-state index in [1.54, 1.807) is 22.7 Å². The lowest BCUT2D eigenvalue weighted by Crippen LogP contribution is -2.21. The van der Waals surface area contributed by atoms with Crippen molar-refractivity contribution < 1.29 is 55.7 Å². The third kappa shape index (κ3) is 11.8. The van der Waals surface area contributed by atoms with Crippen molar-refractivity contribution in [1.82, 2.24) is 29.5 Å². The van der Waals surface area contributed by atoms with Gasteiger partial charge in [-0.2, -0.15) is 26.3 Å². The van der Waals surface area contributed by atoms with Gasteiger partial charge in [0.15, 0.2) is 11.6 Å². The van der Waals surface area contributed by atoms with Gasteiger partial charge in [-0.3, -0.25) is 28.7 Å². The second-order valence-electron chi connectivity index (χ2n) is 14.8. The minimum atomic E-state index is -5.08. The van der Waals surface area contributed by atoms with Crippen LogP contribution in [0, 0.1) is 41.5 Å². The summed E-state index contributed by atoms with van der Waals surface area (Å²) in [4.78, 5) is 53.5. The van der Waals surface area contributed by atoms with E-state index in [-0.39, 0.29) is 12.8 Å². The number of aromatic nitrogens is 6. The number of carbonyl (C=O) groups excluding carboxylic acids is 2. The Labute approximate surface area is 400 Å². The normalized spacial score (nSPS) is 14.8. The van der Waals surface area contributed by atoms with Crippen molar-refractivity contribution in [2.75, 3.05) is 0 Å². The van der Waals surface area contributed by atoms with E-state index in [1.807, 2.05) is 71.5 Å². The second kappa shape index (κ2) is 20.8. The molecule has 68 heavy (non-hydrogen) atoms. The molecule has 26 heteroatoms. The molecule has 0 saturated heterocycles. The highest BCUT2D eigenvalue weighted by Crippen LogP contribution is 2.41.